The minimum absolute atomic E-state index is 0.258. The van der Waals surface area contributed by atoms with Crippen LogP contribution >= 0.6 is 15.9 Å². The van der Waals surface area contributed by atoms with Crippen molar-refractivity contribution in [3.8, 4) is 5.75 Å². The van der Waals surface area contributed by atoms with Crippen LogP contribution in [0.3, 0.4) is 0 Å². The summed E-state index contributed by atoms with van der Waals surface area (Å²) in [5.41, 5.74) is -0.258. The summed E-state index contributed by atoms with van der Waals surface area (Å²) in [5.74, 6) is -1.48. The molecule has 0 spiro atoms. The fourth-order valence-corrected chi connectivity index (χ4v) is 1.18. The zero-order valence-corrected chi connectivity index (χ0v) is 8.51. The van der Waals surface area contributed by atoms with Crippen LogP contribution in [0.4, 0.5) is 4.39 Å². The van der Waals surface area contributed by atoms with Crippen LogP contribution in [0.2, 0.25) is 0 Å². The minimum Gasteiger partial charge on any atom is -0.507 e. The van der Waals surface area contributed by atoms with Gasteiger partial charge < -0.3 is 5.11 Å². The highest BCUT2D eigenvalue weighted by Gasteiger charge is 2.19. The van der Waals surface area contributed by atoms with Crippen molar-refractivity contribution in [1.82, 2.24) is 0 Å². The van der Waals surface area contributed by atoms with Gasteiger partial charge in [0.2, 0.25) is 0 Å². The van der Waals surface area contributed by atoms with Crippen LogP contribution in [0.1, 0.15) is 17.3 Å². The summed E-state index contributed by atoms with van der Waals surface area (Å²) in [7, 11) is 0. The fraction of sp³-hybridized carbons (Fsp3) is 0.222. The number of ketones is 1. The predicted octanol–water partition coefficient (Wildman–Crippen LogP) is 2.50. The van der Waals surface area contributed by atoms with Gasteiger partial charge in [0.1, 0.15) is 11.6 Å². The molecule has 13 heavy (non-hydrogen) atoms. The van der Waals surface area contributed by atoms with E-state index in [-0.39, 0.29) is 11.3 Å². The van der Waals surface area contributed by atoms with Crippen LogP contribution in [-0.4, -0.2) is 15.7 Å². The molecular weight excluding hydrogens is 239 g/mol. The Balaban J connectivity index is 3.20. The molecule has 1 atom stereocenters. The number of halogens is 2. The van der Waals surface area contributed by atoms with Crippen LogP contribution in [-0.2, 0) is 0 Å². The van der Waals surface area contributed by atoms with E-state index in [1.54, 1.807) is 6.92 Å². The van der Waals surface area contributed by atoms with Crippen molar-refractivity contribution >= 4 is 21.7 Å². The maximum atomic E-state index is 13.1. The average Bonchev–Trinajstić information content (AvgIpc) is 2.03. The van der Waals surface area contributed by atoms with E-state index < -0.39 is 16.4 Å². The van der Waals surface area contributed by atoms with Crippen LogP contribution in [0, 0.1) is 5.82 Å². The predicted molar refractivity (Wildman–Crippen MR) is 50.8 cm³/mol. The van der Waals surface area contributed by atoms with Gasteiger partial charge in [0.05, 0.1) is 10.4 Å². The molecular formula is C9H8BrFO2. The second-order valence-corrected chi connectivity index (χ2v) is 3.99. The van der Waals surface area contributed by atoms with E-state index in [0.717, 1.165) is 6.07 Å². The summed E-state index contributed by atoms with van der Waals surface area (Å²) in [6, 6.07) is 3.77. The summed E-state index contributed by atoms with van der Waals surface area (Å²) < 4.78 is 13.1. The van der Waals surface area contributed by atoms with E-state index in [0.29, 0.717) is 0 Å². The number of alkyl halides is 1. The Bertz CT molecular complexity index is 316. The minimum atomic E-state index is -0.698. The van der Waals surface area contributed by atoms with Crippen molar-refractivity contribution in [2.45, 2.75) is 11.8 Å². The van der Waals surface area contributed by atoms with Gasteiger partial charge in [-0.25, -0.2) is 4.39 Å². The number of Topliss-reactive ketones (excluding diaryl/α,β-unsaturated/α-hetero) is 1. The quantitative estimate of drug-likeness (QED) is 0.643. The molecule has 0 aromatic heterocycles. The zero-order valence-electron chi connectivity index (χ0n) is 6.92. The number of carbonyl (C=O) groups is 1. The van der Waals surface area contributed by atoms with Crippen molar-refractivity contribution in [1.29, 1.82) is 0 Å². The Hall–Kier alpha value is -0.900. The first-order chi connectivity index (χ1) is 6.04. The molecule has 0 aliphatic heterocycles. The van der Waals surface area contributed by atoms with Crippen molar-refractivity contribution in [3.63, 3.8) is 0 Å². The molecule has 0 radical (unpaired) electrons. The topological polar surface area (TPSA) is 37.3 Å². The summed E-state index contributed by atoms with van der Waals surface area (Å²) in [5, 5.41) is 9.23. The Morgan fingerprint density at radius 2 is 2.23 bits per heavy atom. The Morgan fingerprint density at radius 3 is 2.69 bits per heavy atom. The smallest absolute Gasteiger partial charge is 0.182 e. The number of carbonyl (C=O) groups excluding carboxylic acids is 1. The Kier molecular flexibility index (Phi) is 3.03. The van der Waals surface area contributed by atoms with E-state index in [2.05, 4.69) is 15.9 Å². The highest BCUT2D eigenvalue weighted by atomic mass is 79.9. The number of phenolic OH excluding ortho intramolecular Hbond substituents is 1. The molecule has 70 valence electrons. The number of hydrogen-bond donors (Lipinski definition) is 1. The summed E-state index contributed by atoms with van der Waals surface area (Å²) in [6.45, 7) is 1.58. The molecule has 1 N–H and O–H groups in total. The number of benzene rings is 1. The maximum Gasteiger partial charge on any atom is 0.182 e. The number of rotatable bonds is 2. The molecule has 0 fully saturated rings. The first-order valence-corrected chi connectivity index (χ1v) is 4.61. The molecule has 1 aromatic carbocycles. The highest BCUT2D eigenvalue weighted by molar-refractivity contribution is 9.10. The molecule has 1 rings (SSSR count). The molecule has 0 aliphatic carbocycles. The van der Waals surface area contributed by atoms with Gasteiger partial charge in [0.15, 0.2) is 5.78 Å². The summed E-state index contributed by atoms with van der Waals surface area (Å²) in [4.78, 5) is 10.8. The lowest BCUT2D eigenvalue weighted by molar-refractivity contribution is 0.0989. The van der Waals surface area contributed by atoms with E-state index in [9.17, 15) is 14.3 Å². The largest absolute Gasteiger partial charge is 0.507 e. The first kappa shape index (κ1) is 10.2. The Morgan fingerprint density at radius 1 is 1.62 bits per heavy atom. The highest BCUT2D eigenvalue weighted by Crippen LogP contribution is 2.23. The second kappa shape index (κ2) is 3.87. The third-order valence-corrected chi connectivity index (χ3v) is 2.02. The van der Waals surface area contributed by atoms with Gasteiger partial charge >= 0.3 is 0 Å². The third-order valence-electron chi connectivity index (χ3n) is 1.60. The van der Waals surface area contributed by atoms with E-state index in [1.807, 2.05) is 0 Å². The van der Waals surface area contributed by atoms with E-state index in [4.69, 9.17) is 0 Å². The average molecular weight is 247 g/mol. The molecule has 0 aliphatic rings. The fourth-order valence-electron chi connectivity index (χ4n) is 0.956. The molecule has 1 aromatic rings. The molecule has 0 heterocycles. The van der Waals surface area contributed by atoms with Crippen molar-refractivity contribution in [2.24, 2.45) is 0 Å². The first-order valence-electron chi connectivity index (χ1n) is 3.69. The summed E-state index contributed by atoms with van der Waals surface area (Å²) >= 11 is 3.02. The summed E-state index contributed by atoms with van der Waals surface area (Å²) in [6.07, 6.45) is 0. The third kappa shape index (κ3) is 2.06. The molecule has 2 nitrogen and oxygen atoms in total. The maximum absolute atomic E-state index is 13.1. The lowest BCUT2D eigenvalue weighted by atomic mass is 10.1. The monoisotopic (exact) mass is 246 g/mol. The van der Waals surface area contributed by atoms with Crippen LogP contribution in [0.15, 0.2) is 18.2 Å². The van der Waals surface area contributed by atoms with E-state index >= 15 is 0 Å². The lowest BCUT2D eigenvalue weighted by Gasteiger charge is -2.05. The van der Waals surface area contributed by atoms with Gasteiger partial charge in [-0.3, -0.25) is 4.79 Å². The SMILES string of the molecule is CC(Br)C(=O)c1c(O)cccc1F. The molecule has 0 saturated carbocycles. The standard InChI is InChI=1S/C9H8BrFO2/c1-5(10)9(13)8-6(11)3-2-4-7(8)12/h2-5,12H,1H3. The zero-order chi connectivity index (χ0) is 10.0. The number of hydrogen-bond acceptors (Lipinski definition) is 2. The van der Waals surface area contributed by atoms with Crippen LogP contribution < -0.4 is 0 Å². The molecule has 0 bridgehead atoms. The Labute approximate surface area is 83.5 Å². The van der Waals surface area contributed by atoms with Crippen LogP contribution in [0.25, 0.3) is 0 Å². The molecule has 0 amide bonds. The molecule has 1 unspecified atom stereocenters. The normalized spacial score (nSPS) is 12.5. The van der Waals surface area contributed by atoms with Crippen molar-refractivity contribution in [3.05, 3.63) is 29.6 Å². The molecule has 4 heteroatoms. The van der Waals surface area contributed by atoms with Gasteiger partial charge in [0, 0.05) is 0 Å². The van der Waals surface area contributed by atoms with Gasteiger partial charge in [-0.2, -0.15) is 0 Å². The second-order valence-electron chi connectivity index (χ2n) is 2.61. The number of aromatic hydroxyl groups is 1. The van der Waals surface area contributed by atoms with Gasteiger partial charge in [-0.1, -0.05) is 22.0 Å². The van der Waals surface area contributed by atoms with Gasteiger partial charge in [-0.05, 0) is 19.1 Å². The van der Waals surface area contributed by atoms with Crippen molar-refractivity contribution < 1.29 is 14.3 Å². The van der Waals surface area contributed by atoms with Crippen LogP contribution in [0.5, 0.6) is 5.75 Å². The van der Waals surface area contributed by atoms with Gasteiger partial charge in [0.25, 0.3) is 0 Å². The lowest BCUT2D eigenvalue weighted by Crippen LogP contribution is -2.12. The van der Waals surface area contributed by atoms with Gasteiger partial charge in [-0.15, -0.1) is 0 Å². The molecule has 0 saturated heterocycles. The van der Waals surface area contributed by atoms with Crippen molar-refractivity contribution in [2.75, 3.05) is 0 Å². The van der Waals surface area contributed by atoms with E-state index in [1.165, 1.54) is 12.1 Å². The number of phenols is 1.